The highest BCUT2D eigenvalue weighted by molar-refractivity contribution is 8.01. The molecular formula is C8H13S2. The monoisotopic (exact) mass is 173 g/mol. The van der Waals surface area contributed by atoms with Crippen molar-refractivity contribution < 1.29 is 0 Å². The second-order valence-corrected chi connectivity index (χ2v) is 5.44. The van der Waals surface area contributed by atoms with Gasteiger partial charge >= 0.3 is 0 Å². The third-order valence-electron chi connectivity index (χ3n) is 2.30. The zero-order valence-electron chi connectivity index (χ0n) is 6.08. The third-order valence-corrected chi connectivity index (χ3v) is 4.97. The average molecular weight is 173 g/mol. The van der Waals surface area contributed by atoms with Crippen LogP contribution in [-0.4, -0.2) is 22.5 Å². The third kappa shape index (κ3) is 1.48. The van der Waals surface area contributed by atoms with E-state index in [0.29, 0.717) is 0 Å². The Balaban J connectivity index is 1.93. The van der Waals surface area contributed by atoms with Crippen molar-refractivity contribution in [2.75, 3.05) is 17.3 Å². The van der Waals surface area contributed by atoms with Crippen LogP contribution in [0.25, 0.3) is 0 Å². The predicted octanol–water partition coefficient (Wildman–Crippen LogP) is 2.45. The van der Waals surface area contributed by atoms with Gasteiger partial charge in [-0.15, -0.1) is 0 Å². The molecule has 1 radical (unpaired) electrons. The summed E-state index contributed by atoms with van der Waals surface area (Å²) in [5.74, 6) is 5.17. The largest absolute Gasteiger partial charge is 0.162 e. The first-order chi connectivity index (χ1) is 4.97. The molecule has 2 atom stereocenters. The summed E-state index contributed by atoms with van der Waals surface area (Å²) in [4.78, 5) is 0. The summed E-state index contributed by atoms with van der Waals surface area (Å²) in [7, 11) is 0. The van der Waals surface area contributed by atoms with Gasteiger partial charge in [-0.2, -0.15) is 23.5 Å². The number of rotatable bonds is 0. The molecule has 0 nitrogen and oxygen atoms in total. The molecule has 0 aromatic heterocycles. The van der Waals surface area contributed by atoms with Crippen LogP contribution in [0.15, 0.2) is 0 Å². The van der Waals surface area contributed by atoms with E-state index in [0.717, 1.165) is 11.2 Å². The molecule has 2 aliphatic heterocycles. The molecule has 0 aromatic carbocycles. The van der Waals surface area contributed by atoms with Crippen molar-refractivity contribution in [1.29, 1.82) is 0 Å². The SMILES string of the molecule is [CH]1CSC2CCSCC2C1. The van der Waals surface area contributed by atoms with Crippen LogP contribution in [0.2, 0.25) is 0 Å². The molecule has 0 aliphatic carbocycles. The van der Waals surface area contributed by atoms with Crippen LogP contribution >= 0.6 is 23.5 Å². The Hall–Kier alpha value is 0.700. The Labute approximate surface area is 71.5 Å². The van der Waals surface area contributed by atoms with Crippen LogP contribution in [0.1, 0.15) is 12.8 Å². The molecule has 10 heavy (non-hydrogen) atoms. The normalized spacial score (nSPS) is 40.8. The number of thioether (sulfide) groups is 2. The molecule has 2 heterocycles. The van der Waals surface area contributed by atoms with E-state index in [1.54, 1.807) is 0 Å². The quantitative estimate of drug-likeness (QED) is 0.552. The highest BCUT2D eigenvalue weighted by Gasteiger charge is 2.28. The maximum absolute atomic E-state index is 2.46. The zero-order chi connectivity index (χ0) is 6.81. The van der Waals surface area contributed by atoms with E-state index in [2.05, 4.69) is 29.9 Å². The van der Waals surface area contributed by atoms with E-state index in [9.17, 15) is 0 Å². The summed E-state index contributed by atoms with van der Waals surface area (Å²) in [6, 6.07) is 0. The Bertz CT molecular complexity index is 87.8. The maximum Gasteiger partial charge on any atom is 0.00912 e. The minimum Gasteiger partial charge on any atom is -0.162 e. The van der Waals surface area contributed by atoms with Gasteiger partial charge < -0.3 is 0 Å². The van der Waals surface area contributed by atoms with Crippen LogP contribution in [-0.2, 0) is 0 Å². The molecule has 0 bridgehead atoms. The minimum absolute atomic E-state index is 1.02. The van der Waals surface area contributed by atoms with Gasteiger partial charge in [0.25, 0.3) is 0 Å². The summed E-state index contributed by atoms with van der Waals surface area (Å²) in [5.41, 5.74) is 0. The van der Waals surface area contributed by atoms with E-state index >= 15 is 0 Å². The van der Waals surface area contributed by atoms with Crippen LogP contribution < -0.4 is 0 Å². The van der Waals surface area contributed by atoms with Gasteiger partial charge in [-0.05, 0) is 42.4 Å². The minimum atomic E-state index is 1.02. The Morgan fingerprint density at radius 3 is 3.30 bits per heavy atom. The standard InChI is InChI=1S/C8H13S2/c1-2-7-6-9-5-3-8(7)10-4-1/h1,7-8H,2-6H2. The summed E-state index contributed by atoms with van der Waals surface area (Å²) < 4.78 is 0. The fraction of sp³-hybridized carbons (Fsp3) is 0.875. The predicted molar refractivity (Wildman–Crippen MR) is 50.6 cm³/mol. The van der Waals surface area contributed by atoms with E-state index in [1.807, 2.05) is 0 Å². The Kier molecular flexibility index (Phi) is 2.50. The zero-order valence-corrected chi connectivity index (χ0v) is 7.72. The van der Waals surface area contributed by atoms with Crippen molar-refractivity contribution in [3.8, 4) is 0 Å². The summed E-state index contributed by atoms with van der Waals surface area (Å²) in [6.07, 6.45) is 5.32. The fourth-order valence-corrected chi connectivity index (χ4v) is 4.50. The molecule has 0 spiro atoms. The molecule has 0 amide bonds. The molecule has 2 unspecified atom stereocenters. The van der Waals surface area contributed by atoms with Crippen LogP contribution in [0, 0.1) is 12.3 Å². The Morgan fingerprint density at radius 1 is 1.40 bits per heavy atom. The lowest BCUT2D eigenvalue weighted by Gasteiger charge is -2.34. The molecule has 57 valence electrons. The van der Waals surface area contributed by atoms with Crippen molar-refractivity contribution >= 4 is 23.5 Å². The maximum atomic E-state index is 2.46. The second-order valence-electron chi connectivity index (χ2n) is 3.02. The lowest BCUT2D eigenvalue weighted by Crippen LogP contribution is -2.28. The summed E-state index contributed by atoms with van der Waals surface area (Å²) >= 11 is 4.33. The van der Waals surface area contributed by atoms with E-state index in [-0.39, 0.29) is 0 Å². The highest BCUT2D eigenvalue weighted by atomic mass is 32.2. The average Bonchev–Trinajstić information content (AvgIpc) is 2.05. The molecule has 0 saturated carbocycles. The van der Waals surface area contributed by atoms with E-state index in [4.69, 9.17) is 0 Å². The van der Waals surface area contributed by atoms with E-state index < -0.39 is 0 Å². The van der Waals surface area contributed by atoms with Gasteiger partial charge in [0.15, 0.2) is 0 Å². The molecule has 0 N–H and O–H groups in total. The number of hydrogen-bond donors (Lipinski definition) is 0. The topological polar surface area (TPSA) is 0 Å². The molecule has 2 heteroatoms. The van der Waals surface area contributed by atoms with Gasteiger partial charge in [0.2, 0.25) is 0 Å². The number of fused-ring (bicyclic) bond motifs is 1. The lowest BCUT2D eigenvalue weighted by molar-refractivity contribution is 0.522. The van der Waals surface area contributed by atoms with Gasteiger partial charge in [-0.3, -0.25) is 0 Å². The lowest BCUT2D eigenvalue weighted by atomic mass is 9.99. The highest BCUT2D eigenvalue weighted by Crippen LogP contribution is 2.38. The van der Waals surface area contributed by atoms with E-state index in [1.165, 1.54) is 30.1 Å². The van der Waals surface area contributed by atoms with Crippen LogP contribution in [0.5, 0.6) is 0 Å². The molecular weight excluding hydrogens is 160 g/mol. The smallest absolute Gasteiger partial charge is 0.00912 e. The molecule has 2 fully saturated rings. The summed E-state index contributed by atoms with van der Waals surface area (Å²) in [5, 5.41) is 1.02. The van der Waals surface area contributed by atoms with Crippen LogP contribution in [0.4, 0.5) is 0 Å². The van der Waals surface area contributed by atoms with Crippen LogP contribution in [0.3, 0.4) is 0 Å². The van der Waals surface area contributed by atoms with Crippen molar-refractivity contribution in [2.24, 2.45) is 5.92 Å². The second kappa shape index (κ2) is 3.40. The van der Waals surface area contributed by atoms with Gasteiger partial charge in [-0.1, -0.05) is 0 Å². The van der Waals surface area contributed by atoms with Gasteiger partial charge in [0.1, 0.15) is 0 Å². The number of hydrogen-bond acceptors (Lipinski definition) is 2. The first kappa shape index (κ1) is 7.35. The fourth-order valence-electron chi connectivity index (χ4n) is 1.69. The molecule has 2 rings (SSSR count). The van der Waals surface area contributed by atoms with Gasteiger partial charge in [0.05, 0.1) is 0 Å². The van der Waals surface area contributed by atoms with Crippen molar-refractivity contribution in [2.45, 2.75) is 18.1 Å². The molecule has 2 saturated heterocycles. The van der Waals surface area contributed by atoms with Crippen molar-refractivity contribution in [3.63, 3.8) is 0 Å². The first-order valence-corrected chi connectivity index (χ1v) is 6.18. The Morgan fingerprint density at radius 2 is 2.40 bits per heavy atom. The van der Waals surface area contributed by atoms with Gasteiger partial charge in [-0.25, -0.2) is 0 Å². The van der Waals surface area contributed by atoms with Gasteiger partial charge in [0, 0.05) is 5.25 Å². The molecule has 2 aliphatic rings. The van der Waals surface area contributed by atoms with Crippen molar-refractivity contribution in [3.05, 3.63) is 6.42 Å². The van der Waals surface area contributed by atoms with Crippen molar-refractivity contribution in [1.82, 2.24) is 0 Å². The first-order valence-electron chi connectivity index (χ1n) is 3.98. The molecule has 0 aromatic rings. The summed E-state index contributed by atoms with van der Waals surface area (Å²) in [6.45, 7) is 0.